The lowest BCUT2D eigenvalue weighted by molar-refractivity contribution is -0.161. The first-order valence-electron chi connectivity index (χ1n) is 11.0. The monoisotopic (exact) mass is 406 g/mol. The lowest BCUT2D eigenvalue weighted by Crippen LogP contribution is -2.59. The Balaban J connectivity index is 1.66. The van der Waals surface area contributed by atoms with Crippen molar-refractivity contribution in [3.8, 4) is 0 Å². The molecule has 4 saturated carbocycles. The fourth-order valence-corrected chi connectivity index (χ4v) is 9.21. The predicted octanol–water partition coefficient (Wildman–Crippen LogP) is 4.03. The van der Waals surface area contributed by atoms with E-state index in [2.05, 4.69) is 13.8 Å². The largest absolute Gasteiger partial charge is 0.392 e. The normalized spacial score (nSPS) is 50.5. The number of hydrogen-bond donors (Lipinski definition) is 1. The first-order chi connectivity index (χ1) is 13.1. The van der Waals surface area contributed by atoms with Crippen LogP contribution in [-0.2, 0) is 14.4 Å². The van der Waals surface area contributed by atoms with Gasteiger partial charge in [0.15, 0.2) is 5.12 Å². The van der Waals surface area contributed by atoms with Crippen LogP contribution in [0.1, 0.15) is 72.6 Å². The van der Waals surface area contributed by atoms with Crippen molar-refractivity contribution in [1.29, 1.82) is 0 Å². The van der Waals surface area contributed by atoms with E-state index in [0.717, 1.165) is 32.1 Å². The molecule has 1 N–H and O–H groups in total. The highest BCUT2D eigenvalue weighted by Crippen LogP contribution is 2.67. The maximum absolute atomic E-state index is 13.6. The minimum absolute atomic E-state index is 0.0255. The summed E-state index contributed by atoms with van der Waals surface area (Å²) >= 11 is 1.26. The van der Waals surface area contributed by atoms with E-state index >= 15 is 0 Å². The number of ketones is 2. The summed E-state index contributed by atoms with van der Waals surface area (Å²) < 4.78 is 0. The van der Waals surface area contributed by atoms with Gasteiger partial charge in [0.1, 0.15) is 11.6 Å². The quantitative estimate of drug-likeness (QED) is 0.749. The van der Waals surface area contributed by atoms with Crippen molar-refractivity contribution in [2.24, 2.45) is 40.4 Å². The van der Waals surface area contributed by atoms with Gasteiger partial charge in [0.2, 0.25) is 0 Å². The molecule has 156 valence electrons. The SMILES string of the molecule is CC(=O)S[C@H]1C[C@@]2(C)[C@@H](CC[C@H]3[C@@H]4CC[C@H](C(C)=O)[C@@]4(C)CC(=O)[C@@H]32)C[C@@H]1O. The molecule has 0 aliphatic heterocycles. The molecule has 0 radical (unpaired) electrons. The molecule has 4 aliphatic rings. The van der Waals surface area contributed by atoms with E-state index in [9.17, 15) is 19.5 Å². The van der Waals surface area contributed by atoms with Crippen LogP contribution in [0.3, 0.4) is 0 Å². The summed E-state index contributed by atoms with van der Waals surface area (Å²) in [6.45, 7) is 7.70. The topological polar surface area (TPSA) is 71.4 Å². The predicted molar refractivity (Wildman–Crippen MR) is 110 cm³/mol. The fourth-order valence-electron chi connectivity index (χ4n) is 8.07. The maximum Gasteiger partial charge on any atom is 0.186 e. The van der Waals surface area contributed by atoms with Crippen LogP contribution < -0.4 is 0 Å². The lowest BCUT2D eigenvalue weighted by atomic mass is 9.44. The molecule has 4 rings (SSSR count). The van der Waals surface area contributed by atoms with E-state index in [0.29, 0.717) is 36.4 Å². The number of thioether (sulfide) groups is 1. The van der Waals surface area contributed by atoms with E-state index in [1.165, 1.54) is 11.8 Å². The Labute approximate surface area is 172 Å². The lowest BCUT2D eigenvalue weighted by Gasteiger charge is -2.60. The Morgan fingerprint density at radius 3 is 2.43 bits per heavy atom. The minimum atomic E-state index is -0.457. The van der Waals surface area contributed by atoms with Crippen LogP contribution in [-0.4, -0.2) is 33.1 Å². The zero-order valence-electron chi connectivity index (χ0n) is 17.6. The molecule has 0 spiro atoms. The Morgan fingerprint density at radius 1 is 1.07 bits per heavy atom. The second kappa shape index (κ2) is 6.94. The van der Waals surface area contributed by atoms with E-state index < -0.39 is 6.10 Å². The molecule has 4 fully saturated rings. The molecule has 4 nitrogen and oxygen atoms in total. The number of fused-ring (bicyclic) bond motifs is 5. The van der Waals surface area contributed by atoms with Gasteiger partial charge in [-0.2, -0.15) is 0 Å². The van der Waals surface area contributed by atoms with Crippen molar-refractivity contribution >= 4 is 28.4 Å². The molecule has 0 heterocycles. The highest BCUT2D eigenvalue weighted by atomic mass is 32.2. The van der Waals surface area contributed by atoms with Crippen molar-refractivity contribution in [3.63, 3.8) is 0 Å². The summed E-state index contributed by atoms with van der Waals surface area (Å²) in [5.41, 5.74) is -0.309. The van der Waals surface area contributed by atoms with Gasteiger partial charge in [0.05, 0.1) is 6.10 Å². The average molecular weight is 407 g/mol. The van der Waals surface area contributed by atoms with Crippen LogP contribution in [0.5, 0.6) is 0 Å². The first kappa shape index (κ1) is 20.6. The van der Waals surface area contributed by atoms with Crippen molar-refractivity contribution in [1.82, 2.24) is 0 Å². The Hall–Kier alpha value is -0.680. The first-order valence-corrected chi connectivity index (χ1v) is 11.8. The molecular weight excluding hydrogens is 372 g/mol. The molecule has 0 bridgehead atoms. The maximum atomic E-state index is 13.6. The van der Waals surface area contributed by atoms with Gasteiger partial charge in [-0.15, -0.1) is 0 Å². The third-order valence-corrected chi connectivity index (χ3v) is 10.3. The third-order valence-electron chi connectivity index (χ3n) is 9.15. The van der Waals surface area contributed by atoms with Crippen LogP contribution in [0.15, 0.2) is 0 Å². The van der Waals surface area contributed by atoms with Crippen LogP contribution in [0.2, 0.25) is 0 Å². The van der Waals surface area contributed by atoms with E-state index in [4.69, 9.17) is 0 Å². The number of carbonyl (C=O) groups is 3. The van der Waals surface area contributed by atoms with Crippen LogP contribution in [0.4, 0.5) is 0 Å². The smallest absolute Gasteiger partial charge is 0.186 e. The van der Waals surface area contributed by atoms with Crippen LogP contribution in [0, 0.1) is 40.4 Å². The Bertz CT molecular complexity index is 705. The third kappa shape index (κ3) is 2.94. The van der Waals surface area contributed by atoms with Gasteiger partial charge in [0, 0.05) is 30.4 Å². The molecule has 0 aromatic carbocycles. The minimum Gasteiger partial charge on any atom is -0.392 e. The van der Waals surface area contributed by atoms with Gasteiger partial charge in [0.25, 0.3) is 0 Å². The number of rotatable bonds is 2. The molecule has 0 aromatic heterocycles. The molecule has 28 heavy (non-hydrogen) atoms. The van der Waals surface area contributed by atoms with Crippen LogP contribution >= 0.6 is 11.8 Å². The van der Waals surface area contributed by atoms with Gasteiger partial charge in [-0.05, 0) is 74.0 Å². The molecule has 9 atom stereocenters. The van der Waals surface area contributed by atoms with Gasteiger partial charge >= 0.3 is 0 Å². The zero-order chi connectivity index (χ0) is 20.4. The summed E-state index contributed by atoms with van der Waals surface area (Å²) in [6, 6.07) is 0. The summed E-state index contributed by atoms with van der Waals surface area (Å²) in [5, 5.41) is 10.6. The number of aliphatic hydroxyl groups is 1. The Morgan fingerprint density at radius 2 is 1.79 bits per heavy atom. The van der Waals surface area contributed by atoms with E-state index in [1.54, 1.807) is 13.8 Å². The van der Waals surface area contributed by atoms with Gasteiger partial charge in [-0.3, -0.25) is 14.4 Å². The Kier molecular flexibility index (Phi) is 5.10. The van der Waals surface area contributed by atoms with Crippen molar-refractivity contribution < 1.29 is 19.5 Å². The molecule has 4 aliphatic carbocycles. The van der Waals surface area contributed by atoms with Crippen molar-refractivity contribution in [2.45, 2.75) is 84.0 Å². The van der Waals surface area contributed by atoms with Crippen molar-refractivity contribution in [2.75, 3.05) is 0 Å². The highest BCUT2D eigenvalue weighted by Gasteiger charge is 2.64. The number of aliphatic hydroxyl groups excluding tert-OH is 1. The molecule has 0 aromatic rings. The number of Topliss-reactive ketones (excluding diaryl/α,β-unsaturated/α-hetero) is 2. The standard InChI is InChI=1S/C23H34O4S/c1-12(24)16-7-8-17-15-6-5-14-9-18(26)20(28-13(2)25)11-22(14,3)21(15)19(27)10-23(16,17)4/h14-18,20-21,26H,5-11H2,1-4H3/t14-,15-,16+,17-,18-,20-,21+,22-,23+/m0/s1. The number of carbonyl (C=O) groups excluding carboxylic acids is 3. The fraction of sp³-hybridized carbons (Fsp3) is 0.870. The average Bonchev–Trinajstić information content (AvgIpc) is 2.92. The summed E-state index contributed by atoms with van der Waals surface area (Å²) in [7, 11) is 0. The molecule has 0 saturated heterocycles. The van der Waals surface area contributed by atoms with Gasteiger partial charge in [-0.25, -0.2) is 0 Å². The molecule has 0 amide bonds. The second-order valence-corrected chi connectivity index (χ2v) is 12.0. The molecule has 0 unspecified atom stereocenters. The molecular formula is C23H34O4S. The van der Waals surface area contributed by atoms with Gasteiger partial charge in [-0.1, -0.05) is 25.6 Å². The summed E-state index contributed by atoms with van der Waals surface area (Å²) in [4.78, 5) is 37.6. The van der Waals surface area contributed by atoms with Gasteiger partial charge < -0.3 is 5.11 Å². The summed E-state index contributed by atoms with van der Waals surface area (Å²) in [5.74, 6) is 1.80. The van der Waals surface area contributed by atoms with E-state index in [-0.39, 0.29) is 38.8 Å². The van der Waals surface area contributed by atoms with Crippen LogP contribution in [0.25, 0.3) is 0 Å². The number of hydrogen-bond acceptors (Lipinski definition) is 5. The highest BCUT2D eigenvalue weighted by molar-refractivity contribution is 8.14. The van der Waals surface area contributed by atoms with E-state index in [1.807, 2.05) is 0 Å². The second-order valence-electron chi connectivity index (χ2n) is 10.6. The summed E-state index contributed by atoms with van der Waals surface area (Å²) in [6.07, 6.45) is 5.60. The zero-order valence-corrected chi connectivity index (χ0v) is 18.4. The molecule has 5 heteroatoms. The van der Waals surface area contributed by atoms with Crippen molar-refractivity contribution in [3.05, 3.63) is 0 Å².